The molecule has 2 amide bonds. The van der Waals surface area contributed by atoms with Gasteiger partial charge in [-0.05, 0) is 36.1 Å². The van der Waals surface area contributed by atoms with E-state index in [2.05, 4.69) is 15.4 Å². The normalized spacial score (nSPS) is 10.0. The number of benzene rings is 1. The predicted molar refractivity (Wildman–Crippen MR) is 92.3 cm³/mol. The highest BCUT2D eigenvalue weighted by molar-refractivity contribution is 7.08. The van der Waals surface area contributed by atoms with Crippen LogP contribution in [-0.2, 0) is 9.53 Å². The van der Waals surface area contributed by atoms with Crippen molar-refractivity contribution in [1.29, 1.82) is 0 Å². The number of thiophene rings is 1. The summed E-state index contributed by atoms with van der Waals surface area (Å²) in [7, 11) is 1.30. The van der Waals surface area contributed by atoms with Crippen LogP contribution in [0.5, 0.6) is 0 Å². The van der Waals surface area contributed by atoms with Crippen LogP contribution in [0.25, 0.3) is 0 Å². The molecule has 2 N–H and O–H groups in total. The molecule has 1 heterocycles. The van der Waals surface area contributed by atoms with Gasteiger partial charge in [0.05, 0.1) is 12.7 Å². The Morgan fingerprint density at radius 3 is 2.71 bits per heavy atom. The maximum absolute atomic E-state index is 11.9. The van der Waals surface area contributed by atoms with Gasteiger partial charge in [-0.2, -0.15) is 11.3 Å². The van der Waals surface area contributed by atoms with E-state index in [0.717, 1.165) is 0 Å². The van der Waals surface area contributed by atoms with Gasteiger partial charge in [-0.3, -0.25) is 9.59 Å². The van der Waals surface area contributed by atoms with Crippen molar-refractivity contribution >= 4 is 34.8 Å². The summed E-state index contributed by atoms with van der Waals surface area (Å²) >= 11 is 1.46. The van der Waals surface area contributed by atoms with Gasteiger partial charge >= 0.3 is 5.97 Å². The van der Waals surface area contributed by atoms with Crippen LogP contribution in [0, 0.1) is 0 Å². The van der Waals surface area contributed by atoms with E-state index in [1.165, 1.54) is 18.4 Å². The third kappa shape index (κ3) is 5.20. The van der Waals surface area contributed by atoms with Crippen molar-refractivity contribution in [3.05, 3.63) is 52.2 Å². The molecule has 1 aromatic heterocycles. The fourth-order valence-electron chi connectivity index (χ4n) is 2.01. The molecule has 0 spiro atoms. The highest BCUT2D eigenvalue weighted by atomic mass is 32.1. The van der Waals surface area contributed by atoms with Crippen molar-refractivity contribution in [2.45, 2.75) is 12.8 Å². The number of hydrogen-bond acceptors (Lipinski definition) is 5. The predicted octanol–water partition coefficient (Wildman–Crippen LogP) is 2.68. The fraction of sp³-hybridized carbons (Fsp3) is 0.235. The van der Waals surface area contributed by atoms with Crippen molar-refractivity contribution in [2.75, 3.05) is 19.0 Å². The summed E-state index contributed by atoms with van der Waals surface area (Å²) in [6.07, 6.45) is 0.796. The molecular formula is C17H18N2O4S. The summed E-state index contributed by atoms with van der Waals surface area (Å²) in [5.41, 5.74) is 1.53. The average molecular weight is 346 g/mol. The Morgan fingerprint density at radius 1 is 1.17 bits per heavy atom. The number of carbonyl (C=O) groups is 3. The highest BCUT2D eigenvalue weighted by Gasteiger charge is 2.08. The molecule has 0 aliphatic heterocycles. The van der Waals surface area contributed by atoms with Crippen LogP contribution in [0.15, 0.2) is 41.1 Å². The Labute approximate surface area is 143 Å². The molecule has 24 heavy (non-hydrogen) atoms. The summed E-state index contributed by atoms with van der Waals surface area (Å²) in [5, 5.41) is 9.09. The maximum atomic E-state index is 11.9. The first-order chi connectivity index (χ1) is 11.6. The smallest absolute Gasteiger partial charge is 0.337 e. The number of hydrogen-bond donors (Lipinski definition) is 2. The quantitative estimate of drug-likeness (QED) is 0.596. The molecule has 2 rings (SSSR count). The Bertz CT molecular complexity index is 713. The van der Waals surface area contributed by atoms with Gasteiger partial charge < -0.3 is 15.4 Å². The van der Waals surface area contributed by atoms with E-state index in [1.807, 2.05) is 5.38 Å². The topological polar surface area (TPSA) is 84.5 Å². The van der Waals surface area contributed by atoms with Crippen LogP contribution < -0.4 is 10.6 Å². The van der Waals surface area contributed by atoms with Gasteiger partial charge in [-0.15, -0.1) is 0 Å². The second kappa shape index (κ2) is 8.83. The molecule has 0 atom stereocenters. The monoisotopic (exact) mass is 346 g/mol. The van der Waals surface area contributed by atoms with Crippen LogP contribution in [0.1, 0.15) is 33.6 Å². The highest BCUT2D eigenvalue weighted by Crippen LogP contribution is 2.12. The van der Waals surface area contributed by atoms with Crippen LogP contribution in [0.3, 0.4) is 0 Å². The minimum Gasteiger partial charge on any atom is -0.465 e. The number of nitrogens with one attached hydrogen (secondary N) is 2. The van der Waals surface area contributed by atoms with Crippen LogP contribution in [0.2, 0.25) is 0 Å². The number of methoxy groups -OCH3 is 1. The summed E-state index contributed by atoms with van der Waals surface area (Å²) in [6.45, 7) is 0.421. The van der Waals surface area contributed by atoms with Crippen LogP contribution in [-0.4, -0.2) is 31.4 Å². The number of carbonyl (C=O) groups excluding carboxylic acids is 3. The van der Waals surface area contributed by atoms with Gasteiger partial charge in [-0.25, -0.2) is 4.79 Å². The van der Waals surface area contributed by atoms with Crippen molar-refractivity contribution in [3.8, 4) is 0 Å². The molecule has 0 saturated carbocycles. The Balaban J connectivity index is 1.73. The van der Waals surface area contributed by atoms with E-state index < -0.39 is 5.97 Å². The molecule has 0 radical (unpaired) electrons. The molecule has 0 saturated heterocycles. The summed E-state index contributed by atoms with van der Waals surface area (Å²) in [6, 6.07) is 8.29. The summed E-state index contributed by atoms with van der Waals surface area (Å²) < 4.78 is 4.64. The summed E-state index contributed by atoms with van der Waals surface area (Å²) in [5.74, 6) is -0.772. The van der Waals surface area contributed by atoms with E-state index in [0.29, 0.717) is 29.8 Å². The van der Waals surface area contributed by atoms with Gasteiger partial charge in [0.15, 0.2) is 0 Å². The molecule has 2 aromatic rings. The lowest BCUT2D eigenvalue weighted by Gasteiger charge is -2.07. The van der Waals surface area contributed by atoms with Crippen molar-refractivity contribution in [1.82, 2.24) is 5.32 Å². The molecule has 6 nitrogen and oxygen atoms in total. The van der Waals surface area contributed by atoms with E-state index in [9.17, 15) is 14.4 Å². The molecule has 7 heteroatoms. The standard InChI is InChI=1S/C17H18N2O4S/c1-23-17(22)12-4-2-5-14(10-12)19-15(20)6-3-8-18-16(21)13-7-9-24-11-13/h2,4-5,7,9-11H,3,6,8H2,1H3,(H,18,21)(H,19,20). The minimum absolute atomic E-state index is 0.137. The lowest BCUT2D eigenvalue weighted by atomic mass is 10.2. The van der Waals surface area contributed by atoms with Gasteiger partial charge in [0.25, 0.3) is 5.91 Å². The van der Waals surface area contributed by atoms with E-state index in [1.54, 1.807) is 35.7 Å². The largest absolute Gasteiger partial charge is 0.465 e. The molecule has 126 valence electrons. The minimum atomic E-state index is -0.456. The lowest BCUT2D eigenvalue weighted by molar-refractivity contribution is -0.116. The third-order valence-electron chi connectivity index (χ3n) is 3.22. The van der Waals surface area contributed by atoms with E-state index >= 15 is 0 Å². The molecule has 0 unspecified atom stereocenters. The van der Waals surface area contributed by atoms with Crippen molar-refractivity contribution < 1.29 is 19.1 Å². The molecule has 0 aliphatic carbocycles. The molecule has 0 aliphatic rings. The lowest BCUT2D eigenvalue weighted by Crippen LogP contribution is -2.25. The number of rotatable bonds is 7. The van der Waals surface area contributed by atoms with Gasteiger partial charge in [0, 0.05) is 29.6 Å². The zero-order valence-corrected chi connectivity index (χ0v) is 14.0. The van der Waals surface area contributed by atoms with Crippen molar-refractivity contribution in [3.63, 3.8) is 0 Å². The number of anilines is 1. The second-order valence-electron chi connectivity index (χ2n) is 4.99. The SMILES string of the molecule is COC(=O)c1cccc(NC(=O)CCCNC(=O)c2ccsc2)c1. The Kier molecular flexibility index (Phi) is 6.51. The zero-order valence-electron chi connectivity index (χ0n) is 13.2. The third-order valence-corrected chi connectivity index (χ3v) is 3.90. The van der Waals surface area contributed by atoms with Gasteiger partial charge in [0.2, 0.25) is 5.91 Å². The number of ether oxygens (including phenoxy) is 1. The first kappa shape index (κ1) is 17.7. The first-order valence-electron chi connectivity index (χ1n) is 7.39. The second-order valence-corrected chi connectivity index (χ2v) is 5.77. The Hall–Kier alpha value is -2.67. The number of amides is 2. The number of esters is 1. The average Bonchev–Trinajstić information content (AvgIpc) is 3.12. The van der Waals surface area contributed by atoms with Crippen LogP contribution >= 0.6 is 11.3 Å². The molecule has 1 aromatic carbocycles. The molecule has 0 fully saturated rings. The molecular weight excluding hydrogens is 328 g/mol. The van der Waals surface area contributed by atoms with Gasteiger partial charge in [0.1, 0.15) is 0 Å². The Morgan fingerprint density at radius 2 is 2.00 bits per heavy atom. The first-order valence-corrected chi connectivity index (χ1v) is 8.33. The van der Waals surface area contributed by atoms with Gasteiger partial charge in [-0.1, -0.05) is 6.07 Å². The van der Waals surface area contributed by atoms with Crippen LogP contribution in [0.4, 0.5) is 5.69 Å². The van der Waals surface area contributed by atoms with E-state index in [4.69, 9.17) is 0 Å². The molecule has 0 bridgehead atoms. The van der Waals surface area contributed by atoms with Crippen molar-refractivity contribution in [2.24, 2.45) is 0 Å². The summed E-state index contributed by atoms with van der Waals surface area (Å²) in [4.78, 5) is 35.1. The fourth-order valence-corrected chi connectivity index (χ4v) is 2.65. The van der Waals surface area contributed by atoms with E-state index in [-0.39, 0.29) is 18.2 Å². The zero-order chi connectivity index (χ0) is 17.4. The maximum Gasteiger partial charge on any atom is 0.337 e.